The molecule has 0 aliphatic heterocycles. The van der Waals surface area contributed by atoms with Crippen molar-refractivity contribution in [1.29, 1.82) is 0 Å². The van der Waals surface area contributed by atoms with Crippen LogP contribution in [0.2, 0.25) is 0 Å². The van der Waals surface area contributed by atoms with Gasteiger partial charge in [-0.3, -0.25) is 0 Å². The molecule has 0 saturated heterocycles. The first-order chi connectivity index (χ1) is 8.97. The Morgan fingerprint density at radius 2 is 1.68 bits per heavy atom. The molecule has 4 heteroatoms. The number of aryl methyl sites for hydroxylation is 2. The van der Waals surface area contributed by atoms with Gasteiger partial charge in [0.15, 0.2) is 0 Å². The normalized spacial score (nSPS) is 10.3. The Morgan fingerprint density at radius 3 is 2.26 bits per heavy atom. The third-order valence-electron chi connectivity index (χ3n) is 2.95. The lowest BCUT2D eigenvalue weighted by molar-refractivity contribution is 0.619. The number of benzene rings is 2. The smallest absolute Gasteiger partial charge is 0.128 e. The van der Waals surface area contributed by atoms with Crippen LogP contribution < -0.4 is 11.1 Å². The summed E-state index contributed by atoms with van der Waals surface area (Å²) >= 11 is 4.96. The summed E-state index contributed by atoms with van der Waals surface area (Å²) in [5.74, 6) is -0.221. The molecule has 0 unspecified atom stereocenters. The number of halogens is 1. The van der Waals surface area contributed by atoms with Crippen molar-refractivity contribution < 1.29 is 4.39 Å². The van der Waals surface area contributed by atoms with E-state index in [9.17, 15) is 4.39 Å². The van der Waals surface area contributed by atoms with Crippen LogP contribution in [-0.4, -0.2) is 4.99 Å². The molecular formula is C15H15FN2S. The molecule has 2 rings (SSSR count). The molecule has 0 aliphatic rings. The maximum Gasteiger partial charge on any atom is 0.128 e. The zero-order chi connectivity index (χ0) is 14.0. The number of nitrogens with one attached hydrogen (secondary N) is 1. The first-order valence-electron chi connectivity index (χ1n) is 5.91. The van der Waals surface area contributed by atoms with Gasteiger partial charge in [0.1, 0.15) is 10.8 Å². The van der Waals surface area contributed by atoms with E-state index in [4.69, 9.17) is 18.0 Å². The van der Waals surface area contributed by atoms with E-state index in [1.807, 2.05) is 31.2 Å². The van der Waals surface area contributed by atoms with Crippen molar-refractivity contribution in [2.75, 3.05) is 5.32 Å². The zero-order valence-electron chi connectivity index (χ0n) is 10.8. The predicted octanol–water partition coefficient (Wildman–Crippen LogP) is 3.82. The number of nitrogens with two attached hydrogens (primary N) is 1. The van der Waals surface area contributed by atoms with E-state index in [1.165, 1.54) is 6.07 Å². The molecule has 0 bridgehead atoms. The van der Waals surface area contributed by atoms with Gasteiger partial charge in [0, 0.05) is 16.9 Å². The highest BCUT2D eigenvalue weighted by Crippen LogP contribution is 2.21. The Labute approximate surface area is 117 Å². The highest BCUT2D eigenvalue weighted by atomic mass is 32.1. The minimum Gasteiger partial charge on any atom is -0.389 e. The quantitative estimate of drug-likeness (QED) is 0.836. The Hall–Kier alpha value is -1.94. The van der Waals surface area contributed by atoms with Crippen molar-refractivity contribution in [1.82, 2.24) is 0 Å². The van der Waals surface area contributed by atoms with E-state index in [-0.39, 0.29) is 5.82 Å². The van der Waals surface area contributed by atoms with Crippen LogP contribution in [0, 0.1) is 19.7 Å². The van der Waals surface area contributed by atoms with Crippen LogP contribution in [0.4, 0.5) is 15.8 Å². The minimum absolute atomic E-state index is 0.221. The molecule has 0 saturated carbocycles. The summed E-state index contributed by atoms with van der Waals surface area (Å²) in [6.07, 6.45) is 0. The zero-order valence-corrected chi connectivity index (χ0v) is 11.6. The molecule has 0 amide bonds. The summed E-state index contributed by atoms with van der Waals surface area (Å²) in [4.78, 5) is 0.380. The minimum atomic E-state index is -0.221. The standard InChI is InChI=1S/C15H15FN2S/c1-9-3-4-12(8-14(9)16)18-11-5-6-13(15(17)19)10(2)7-11/h3-8,18H,1-2H3,(H2,17,19). The van der Waals surface area contributed by atoms with E-state index in [0.29, 0.717) is 16.2 Å². The average molecular weight is 274 g/mol. The summed E-state index contributed by atoms with van der Waals surface area (Å²) in [5, 5.41) is 3.15. The lowest BCUT2D eigenvalue weighted by Crippen LogP contribution is -2.11. The van der Waals surface area contributed by atoms with Crippen LogP contribution in [0.15, 0.2) is 36.4 Å². The lowest BCUT2D eigenvalue weighted by Gasteiger charge is -2.10. The van der Waals surface area contributed by atoms with Gasteiger partial charge < -0.3 is 11.1 Å². The van der Waals surface area contributed by atoms with Crippen molar-refractivity contribution >= 4 is 28.6 Å². The molecule has 2 aromatic carbocycles. The van der Waals surface area contributed by atoms with Gasteiger partial charge in [0.25, 0.3) is 0 Å². The fourth-order valence-corrected chi connectivity index (χ4v) is 2.08. The fourth-order valence-electron chi connectivity index (χ4n) is 1.86. The van der Waals surface area contributed by atoms with Gasteiger partial charge in [-0.05, 0) is 55.3 Å². The van der Waals surface area contributed by atoms with Crippen molar-refractivity contribution in [3.8, 4) is 0 Å². The van der Waals surface area contributed by atoms with Crippen LogP contribution in [0.5, 0.6) is 0 Å². The van der Waals surface area contributed by atoms with Gasteiger partial charge in [-0.2, -0.15) is 0 Å². The van der Waals surface area contributed by atoms with E-state index in [1.54, 1.807) is 13.0 Å². The number of hydrogen-bond donors (Lipinski definition) is 2. The first kappa shape index (κ1) is 13.5. The molecule has 2 aromatic rings. The van der Waals surface area contributed by atoms with Crippen LogP contribution in [0.1, 0.15) is 16.7 Å². The van der Waals surface area contributed by atoms with Gasteiger partial charge in [-0.25, -0.2) is 4.39 Å². The van der Waals surface area contributed by atoms with Crippen LogP contribution in [0.3, 0.4) is 0 Å². The SMILES string of the molecule is Cc1ccc(Nc2ccc(C(N)=S)c(C)c2)cc1F. The molecular weight excluding hydrogens is 259 g/mol. The van der Waals surface area contributed by atoms with Crippen molar-refractivity contribution in [3.63, 3.8) is 0 Å². The number of rotatable bonds is 3. The molecule has 0 fully saturated rings. The van der Waals surface area contributed by atoms with E-state index in [2.05, 4.69) is 5.32 Å². The van der Waals surface area contributed by atoms with Crippen molar-refractivity contribution in [2.24, 2.45) is 5.73 Å². The topological polar surface area (TPSA) is 38.0 Å². The van der Waals surface area contributed by atoms with Gasteiger partial charge in [-0.15, -0.1) is 0 Å². The van der Waals surface area contributed by atoms with Crippen LogP contribution in [0.25, 0.3) is 0 Å². The van der Waals surface area contributed by atoms with E-state index < -0.39 is 0 Å². The maximum atomic E-state index is 13.5. The molecule has 98 valence electrons. The average Bonchev–Trinajstić information content (AvgIpc) is 2.33. The molecule has 0 atom stereocenters. The van der Waals surface area contributed by atoms with Crippen molar-refractivity contribution in [2.45, 2.75) is 13.8 Å². The van der Waals surface area contributed by atoms with Crippen LogP contribution in [-0.2, 0) is 0 Å². The first-order valence-corrected chi connectivity index (χ1v) is 6.32. The Morgan fingerprint density at radius 1 is 1.05 bits per heavy atom. The lowest BCUT2D eigenvalue weighted by atomic mass is 10.1. The predicted molar refractivity (Wildman–Crippen MR) is 81.5 cm³/mol. The van der Waals surface area contributed by atoms with Crippen LogP contribution >= 0.6 is 12.2 Å². The van der Waals surface area contributed by atoms with Gasteiger partial charge in [0.2, 0.25) is 0 Å². The van der Waals surface area contributed by atoms with Crippen molar-refractivity contribution in [3.05, 3.63) is 58.9 Å². The third-order valence-corrected chi connectivity index (χ3v) is 3.17. The monoisotopic (exact) mass is 274 g/mol. The Kier molecular flexibility index (Phi) is 3.81. The Balaban J connectivity index is 2.26. The molecule has 0 spiro atoms. The summed E-state index contributed by atoms with van der Waals surface area (Å²) < 4.78 is 13.5. The second-order valence-electron chi connectivity index (χ2n) is 4.48. The number of hydrogen-bond acceptors (Lipinski definition) is 2. The molecule has 0 aromatic heterocycles. The summed E-state index contributed by atoms with van der Waals surface area (Å²) in [6.45, 7) is 3.68. The van der Waals surface area contributed by atoms with Gasteiger partial charge in [0.05, 0.1) is 0 Å². The third kappa shape index (κ3) is 3.09. The summed E-state index contributed by atoms with van der Waals surface area (Å²) in [5.41, 5.74) is 9.68. The highest BCUT2D eigenvalue weighted by molar-refractivity contribution is 7.80. The molecule has 0 aliphatic carbocycles. The van der Waals surface area contributed by atoms with Gasteiger partial charge in [-0.1, -0.05) is 18.3 Å². The highest BCUT2D eigenvalue weighted by Gasteiger charge is 2.04. The number of anilines is 2. The second kappa shape index (κ2) is 5.36. The number of thiocarbonyl (C=S) groups is 1. The summed E-state index contributed by atoms with van der Waals surface area (Å²) in [6, 6.07) is 10.7. The van der Waals surface area contributed by atoms with E-state index in [0.717, 1.165) is 16.8 Å². The van der Waals surface area contributed by atoms with E-state index >= 15 is 0 Å². The molecule has 0 radical (unpaired) electrons. The molecule has 2 nitrogen and oxygen atoms in total. The van der Waals surface area contributed by atoms with Gasteiger partial charge >= 0.3 is 0 Å². The molecule has 3 N–H and O–H groups in total. The fraction of sp³-hybridized carbons (Fsp3) is 0.133. The second-order valence-corrected chi connectivity index (χ2v) is 4.92. The molecule has 19 heavy (non-hydrogen) atoms. The Bertz CT molecular complexity index is 638. The summed E-state index contributed by atoms with van der Waals surface area (Å²) in [7, 11) is 0. The molecule has 0 heterocycles. The maximum absolute atomic E-state index is 13.5. The largest absolute Gasteiger partial charge is 0.389 e.